The number of hydrogen-bond donors (Lipinski definition) is 0. The van der Waals surface area contributed by atoms with Crippen molar-refractivity contribution in [3.05, 3.63) is 23.9 Å². The normalized spacial score (nSPS) is 18.3. The zero-order chi connectivity index (χ0) is 12.3. The van der Waals surface area contributed by atoms with Crippen LogP contribution in [0, 0.1) is 0 Å². The van der Waals surface area contributed by atoms with E-state index in [0.29, 0.717) is 6.04 Å². The van der Waals surface area contributed by atoms with Crippen molar-refractivity contribution < 1.29 is 0 Å². The highest BCUT2D eigenvalue weighted by atomic mass is 79.9. The van der Waals surface area contributed by atoms with Crippen molar-refractivity contribution >= 4 is 21.7 Å². The quantitative estimate of drug-likeness (QED) is 0.799. The van der Waals surface area contributed by atoms with Gasteiger partial charge >= 0.3 is 0 Å². The third-order valence-corrected chi connectivity index (χ3v) is 4.21. The van der Waals surface area contributed by atoms with Crippen molar-refractivity contribution in [1.29, 1.82) is 0 Å². The van der Waals surface area contributed by atoms with Crippen LogP contribution in [-0.4, -0.2) is 43.1 Å². The van der Waals surface area contributed by atoms with Crippen LogP contribution in [0.1, 0.15) is 18.4 Å². The summed E-state index contributed by atoms with van der Waals surface area (Å²) in [7, 11) is 4.35. The summed E-state index contributed by atoms with van der Waals surface area (Å²) in [6.45, 7) is 2.38. The summed E-state index contributed by atoms with van der Waals surface area (Å²) in [5.41, 5.74) is 1.23. The van der Waals surface area contributed by atoms with Crippen LogP contribution >= 0.6 is 15.9 Å². The first kappa shape index (κ1) is 12.8. The van der Waals surface area contributed by atoms with E-state index in [0.717, 1.165) is 11.1 Å². The molecule has 0 radical (unpaired) electrons. The van der Waals surface area contributed by atoms with Gasteiger partial charge in [0, 0.05) is 24.6 Å². The van der Waals surface area contributed by atoms with Gasteiger partial charge in [-0.05, 0) is 44.6 Å². The second-order valence-corrected chi connectivity index (χ2v) is 5.36. The Bertz CT molecular complexity index is 344. The molecule has 94 valence electrons. The molecule has 1 aliphatic heterocycles. The summed E-state index contributed by atoms with van der Waals surface area (Å²) >= 11 is 3.44. The summed E-state index contributed by atoms with van der Waals surface area (Å²) in [4.78, 5) is 9.24. The van der Waals surface area contributed by atoms with Crippen molar-refractivity contribution in [2.75, 3.05) is 32.1 Å². The molecule has 1 saturated heterocycles. The van der Waals surface area contributed by atoms with Crippen molar-refractivity contribution in [2.45, 2.75) is 24.2 Å². The Morgan fingerprint density at radius 2 is 2.12 bits per heavy atom. The molecule has 1 fully saturated rings. The number of hydrogen-bond acceptors (Lipinski definition) is 3. The fourth-order valence-corrected chi connectivity index (χ4v) is 2.61. The summed E-state index contributed by atoms with van der Waals surface area (Å²) in [6, 6.07) is 4.89. The minimum Gasteiger partial charge on any atom is -0.357 e. The predicted octanol–water partition coefficient (Wildman–Crippen LogP) is 2.51. The molecule has 1 aliphatic rings. The van der Waals surface area contributed by atoms with E-state index < -0.39 is 0 Å². The fraction of sp³-hybridized carbons (Fsp3) is 0.615. The predicted molar refractivity (Wildman–Crippen MR) is 75.8 cm³/mol. The Morgan fingerprint density at radius 1 is 1.41 bits per heavy atom. The molecule has 0 N–H and O–H groups in total. The lowest BCUT2D eigenvalue weighted by atomic mass is 10.0. The first-order chi connectivity index (χ1) is 8.20. The maximum atomic E-state index is 4.53. The number of halogens is 1. The average Bonchev–Trinajstić information content (AvgIpc) is 2.39. The van der Waals surface area contributed by atoms with Crippen LogP contribution in [0.5, 0.6) is 0 Å². The molecule has 1 aromatic heterocycles. The topological polar surface area (TPSA) is 19.4 Å². The van der Waals surface area contributed by atoms with E-state index in [1.807, 2.05) is 6.20 Å². The Kier molecular flexibility index (Phi) is 4.40. The van der Waals surface area contributed by atoms with E-state index in [2.05, 4.69) is 56.9 Å². The number of nitrogens with zero attached hydrogens (tertiary/aromatic N) is 3. The first-order valence-electron chi connectivity index (χ1n) is 6.13. The largest absolute Gasteiger partial charge is 0.357 e. The van der Waals surface area contributed by atoms with Gasteiger partial charge < -0.3 is 9.80 Å². The molecule has 0 atom stereocenters. The van der Waals surface area contributed by atoms with Gasteiger partial charge in [-0.3, -0.25) is 0 Å². The van der Waals surface area contributed by atoms with Crippen molar-refractivity contribution in [3.63, 3.8) is 0 Å². The van der Waals surface area contributed by atoms with E-state index in [-0.39, 0.29) is 0 Å². The molecule has 4 heteroatoms. The lowest BCUT2D eigenvalue weighted by molar-refractivity contribution is 0.252. The molecule has 2 heterocycles. The van der Waals surface area contributed by atoms with E-state index in [9.17, 15) is 0 Å². The summed E-state index contributed by atoms with van der Waals surface area (Å²) in [5.74, 6) is 1.09. The van der Waals surface area contributed by atoms with Crippen LogP contribution in [-0.2, 0) is 5.33 Å². The number of anilines is 1. The van der Waals surface area contributed by atoms with Crippen molar-refractivity contribution in [1.82, 2.24) is 9.88 Å². The number of rotatable bonds is 3. The smallest absolute Gasteiger partial charge is 0.128 e. The highest BCUT2D eigenvalue weighted by Gasteiger charge is 2.21. The number of alkyl halides is 1. The van der Waals surface area contributed by atoms with Crippen LogP contribution in [0.25, 0.3) is 0 Å². The molecular weight excluding hydrogens is 278 g/mol. The highest BCUT2D eigenvalue weighted by molar-refractivity contribution is 9.08. The lowest BCUT2D eigenvalue weighted by Gasteiger charge is -2.35. The minimum absolute atomic E-state index is 0.633. The molecule has 17 heavy (non-hydrogen) atoms. The number of piperidine rings is 1. The fourth-order valence-electron chi connectivity index (χ4n) is 2.27. The maximum Gasteiger partial charge on any atom is 0.128 e. The van der Waals surface area contributed by atoms with Crippen molar-refractivity contribution in [3.8, 4) is 0 Å². The lowest BCUT2D eigenvalue weighted by Crippen LogP contribution is -2.42. The first-order valence-corrected chi connectivity index (χ1v) is 7.25. The van der Waals surface area contributed by atoms with Crippen LogP contribution in [0.4, 0.5) is 5.82 Å². The van der Waals surface area contributed by atoms with Gasteiger partial charge in [0.2, 0.25) is 0 Å². The molecule has 0 unspecified atom stereocenters. The van der Waals surface area contributed by atoms with Gasteiger partial charge in [-0.1, -0.05) is 22.0 Å². The van der Waals surface area contributed by atoms with Gasteiger partial charge in [0.1, 0.15) is 5.82 Å². The Labute approximate surface area is 112 Å². The second-order valence-electron chi connectivity index (χ2n) is 4.80. The molecule has 0 aromatic carbocycles. The van der Waals surface area contributed by atoms with Gasteiger partial charge in [0.15, 0.2) is 0 Å². The van der Waals surface area contributed by atoms with Crippen LogP contribution in [0.2, 0.25) is 0 Å². The van der Waals surface area contributed by atoms with E-state index >= 15 is 0 Å². The second kappa shape index (κ2) is 5.83. The number of likely N-dealkylation sites (tertiary alicyclic amines) is 1. The molecule has 1 aromatic rings. The molecular formula is C13H20BrN3. The van der Waals surface area contributed by atoms with Gasteiger partial charge in [0.25, 0.3) is 0 Å². The molecule has 3 nitrogen and oxygen atoms in total. The van der Waals surface area contributed by atoms with E-state index in [1.165, 1.54) is 31.5 Å². The number of aromatic nitrogens is 1. The van der Waals surface area contributed by atoms with Crippen LogP contribution in [0.3, 0.4) is 0 Å². The monoisotopic (exact) mass is 297 g/mol. The van der Waals surface area contributed by atoms with Gasteiger partial charge in [-0.15, -0.1) is 0 Å². The molecule has 0 saturated carbocycles. The Balaban J connectivity index is 2.00. The SMILES string of the molecule is CN1CCC(N(C)c2ccc(CBr)cn2)CC1. The molecule has 2 rings (SSSR count). The third-order valence-electron chi connectivity index (χ3n) is 3.56. The number of pyridine rings is 1. The Morgan fingerprint density at radius 3 is 2.65 bits per heavy atom. The maximum absolute atomic E-state index is 4.53. The van der Waals surface area contributed by atoms with Crippen LogP contribution in [0.15, 0.2) is 18.3 Å². The molecule has 0 bridgehead atoms. The standard InChI is InChI=1S/C13H20BrN3/c1-16-7-5-12(6-8-16)17(2)13-4-3-11(9-14)10-15-13/h3-4,10,12H,5-9H2,1-2H3. The van der Waals surface area contributed by atoms with Gasteiger partial charge in [-0.25, -0.2) is 4.98 Å². The summed E-state index contributed by atoms with van der Waals surface area (Å²) in [6.07, 6.45) is 4.42. The third kappa shape index (κ3) is 3.19. The average molecular weight is 298 g/mol. The molecule has 0 spiro atoms. The van der Waals surface area contributed by atoms with Crippen LogP contribution < -0.4 is 4.90 Å². The van der Waals surface area contributed by atoms with E-state index in [4.69, 9.17) is 0 Å². The van der Waals surface area contributed by atoms with Crippen molar-refractivity contribution in [2.24, 2.45) is 0 Å². The minimum atomic E-state index is 0.633. The Hall–Kier alpha value is -0.610. The zero-order valence-electron chi connectivity index (χ0n) is 10.6. The zero-order valence-corrected chi connectivity index (χ0v) is 12.2. The summed E-state index contributed by atoms with van der Waals surface area (Å²) in [5, 5.41) is 0.873. The van der Waals surface area contributed by atoms with Gasteiger partial charge in [-0.2, -0.15) is 0 Å². The van der Waals surface area contributed by atoms with Gasteiger partial charge in [0.05, 0.1) is 0 Å². The molecule has 0 amide bonds. The molecule has 0 aliphatic carbocycles. The summed E-state index contributed by atoms with van der Waals surface area (Å²) < 4.78 is 0. The van der Waals surface area contributed by atoms with E-state index in [1.54, 1.807) is 0 Å². The highest BCUT2D eigenvalue weighted by Crippen LogP contribution is 2.20.